The number of nitrogens with zero attached hydrogens (tertiary/aromatic N) is 2. The van der Waals surface area contributed by atoms with Gasteiger partial charge in [-0.25, -0.2) is 0 Å². The molecule has 1 saturated heterocycles. The van der Waals surface area contributed by atoms with Crippen LogP contribution in [-0.2, 0) is 4.79 Å². The van der Waals surface area contributed by atoms with Crippen molar-refractivity contribution >= 4 is 17.3 Å². The highest BCUT2D eigenvalue weighted by Gasteiger charge is 2.25. The fourth-order valence-electron chi connectivity index (χ4n) is 2.62. The molecule has 0 spiro atoms. The molecule has 1 aromatic rings. The molecule has 2 rings (SSSR count). The summed E-state index contributed by atoms with van der Waals surface area (Å²) in [6.07, 6.45) is 1.12. The van der Waals surface area contributed by atoms with Crippen LogP contribution in [0.1, 0.15) is 12.0 Å². The molecule has 1 amide bonds. The van der Waals surface area contributed by atoms with E-state index in [2.05, 4.69) is 29.2 Å². The van der Waals surface area contributed by atoms with Crippen LogP contribution in [0.25, 0.3) is 0 Å². The van der Waals surface area contributed by atoms with E-state index < -0.39 is 0 Å². The Labute approximate surface area is 120 Å². The Morgan fingerprint density at radius 3 is 2.85 bits per heavy atom. The van der Waals surface area contributed by atoms with E-state index in [0.29, 0.717) is 18.3 Å². The number of likely N-dealkylation sites (N-methyl/N-ethyl adjacent to an activating group) is 1. The van der Waals surface area contributed by atoms with Crippen molar-refractivity contribution in [3.8, 4) is 0 Å². The van der Waals surface area contributed by atoms with E-state index in [-0.39, 0.29) is 5.91 Å². The third kappa shape index (κ3) is 3.49. The highest BCUT2D eigenvalue weighted by atomic mass is 16.2. The van der Waals surface area contributed by atoms with Crippen molar-refractivity contribution in [2.24, 2.45) is 0 Å². The molecule has 20 heavy (non-hydrogen) atoms. The normalized spacial score (nSPS) is 19.5. The lowest BCUT2D eigenvalue weighted by Gasteiger charge is -2.20. The topological polar surface area (TPSA) is 61.6 Å². The molecule has 1 aliphatic heterocycles. The largest absolute Gasteiger partial charge is 0.397 e. The summed E-state index contributed by atoms with van der Waals surface area (Å²) in [5, 5.41) is 2.93. The zero-order valence-corrected chi connectivity index (χ0v) is 12.5. The van der Waals surface area contributed by atoms with Crippen molar-refractivity contribution in [1.29, 1.82) is 0 Å². The molecule has 5 nitrogen and oxygen atoms in total. The first kappa shape index (κ1) is 14.8. The summed E-state index contributed by atoms with van der Waals surface area (Å²) in [7, 11) is 4.17. The van der Waals surface area contributed by atoms with E-state index in [1.807, 2.05) is 19.1 Å². The summed E-state index contributed by atoms with van der Waals surface area (Å²) in [6.45, 7) is 4.30. The van der Waals surface area contributed by atoms with Crippen LogP contribution in [0.4, 0.5) is 11.4 Å². The van der Waals surface area contributed by atoms with Crippen LogP contribution >= 0.6 is 0 Å². The molecule has 5 heteroatoms. The Kier molecular flexibility index (Phi) is 4.62. The van der Waals surface area contributed by atoms with Gasteiger partial charge in [0.15, 0.2) is 0 Å². The molecule has 0 aromatic heterocycles. The molecular formula is C15H24N4O. The number of likely N-dealkylation sites (tertiary alicyclic amines) is 1. The molecule has 1 heterocycles. The molecule has 0 aliphatic carbocycles. The van der Waals surface area contributed by atoms with E-state index in [4.69, 9.17) is 5.73 Å². The predicted molar refractivity (Wildman–Crippen MR) is 82.8 cm³/mol. The average molecular weight is 276 g/mol. The molecule has 0 radical (unpaired) electrons. The summed E-state index contributed by atoms with van der Waals surface area (Å²) >= 11 is 0. The Morgan fingerprint density at radius 2 is 2.25 bits per heavy atom. The van der Waals surface area contributed by atoms with E-state index in [1.165, 1.54) is 0 Å². The number of hydrogen-bond acceptors (Lipinski definition) is 4. The number of anilines is 2. The summed E-state index contributed by atoms with van der Waals surface area (Å²) in [6, 6.07) is 6.19. The number of hydrogen-bond donors (Lipinski definition) is 2. The molecule has 1 atom stereocenters. The molecular weight excluding hydrogens is 252 g/mol. The maximum Gasteiger partial charge on any atom is 0.238 e. The summed E-state index contributed by atoms with van der Waals surface area (Å²) in [5.41, 5.74) is 8.25. The fraction of sp³-hybridized carbons (Fsp3) is 0.533. The van der Waals surface area contributed by atoms with Crippen molar-refractivity contribution in [3.05, 3.63) is 23.8 Å². The van der Waals surface area contributed by atoms with Gasteiger partial charge in [0.2, 0.25) is 5.91 Å². The zero-order chi connectivity index (χ0) is 14.7. The highest BCUT2D eigenvalue weighted by molar-refractivity contribution is 5.96. The summed E-state index contributed by atoms with van der Waals surface area (Å²) in [4.78, 5) is 16.5. The number of nitrogens with one attached hydrogen (secondary N) is 1. The average Bonchev–Trinajstić information content (AvgIpc) is 2.82. The molecule has 0 bridgehead atoms. The third-order valence-electron chi connectivity index (χ3n) is 3.91. The van der Waals surface area contributed by atoms with Gasteiger partial charge >= 0.3 is 0 Å². The summed E-state index contributed by atoms with van der Waals surface area (Å²) < 4.78 is 0. The van der Waals surface area contributed by atoms with Gasteiger partial charge in [0.25, 0.3) is 0 Å². The van der Waals surface area contributed by atoms with Crippen LogP contribution in [0.5, 0.6) is 0 Å². The zero-order valence-electron chi connectivity index (χ0n) is 12.5. The number of rotatable bonds is 4. The SMILES string of the molecule is Cc1cccc(N)c1NC(=O)CN1CCC(N(C)C)C1. The molecule has 0 saturated carbocycles. The third-order valence-corrected chi connectivity index (χ3v) is 3.91. The van der Waals surface area contributed by atoms with Crippen molar-refractivity contribution < 1.29 is 4.79 Å². The van der Waals surface area contributed by atoms with E-state index in [0.717, 1.165) is 30.8 Å². The maximum absolute atomic E-state index is 12.1. The minimum Gasteiger partial charge on any atom is -0.397 e. The van der Waals surface area contributed by atoms with E-state index in [9.17, 15) is 4.79 Å². The second kappa shape index (κ2) is 6.24. The molecule has 1 aliphatic rings. The van der Waals surface area contributed by atoms with Crippen molar-refractivity contribution in [1.82, 2.24) is 9.80 Å². The van der Waals surface area contributed by atoms with E-state index in [1.54, 1.807) is 6.07 Å². The molecule has 1 aromatic carbocycles. The van der Waals surface area contributed by atoms with Crippen LogP contribution in [0, 0.1) is 6.92 Å². The first-order chi connectivity index (χ1) is 9.47. The predicted octanol–water partition coefficient (Wildman–Crippen LogP) is 1.15. The van der Waals surface area contributed by atoms with Gasteiger partial charge in [-0.2, -0.15) is 0 Å². The van der Waals surface area contributed by atoms with E-state index >= 15 is 0 Å². The second-order valence-corrected chi connectivity index (χ2v) is 5.73. The molecule has 1 unspecified atom stereocenters. The number of nitrogen functional groups attached to an aromatic ring is 1. The van der Waals surface area contributed by atoms with Gasteiger partial charge in [0, 0.05) is 19.1 Å². The second-order valence-electron chi connectivity index (χ2n) is 5.73. The first-order valence-corrected chi connectivity index (χ1v) is 7.01. The molecule has 1 fully saturated rings. The first-order valence-electron chi connectivity index (χ1n) is 7.01. The van der Waals surface area contributed by atoms with Gasteiger partial charge in [-0.05, 0) is 39.1 Å². The smallest absolute Gasteiger partial charge is 0.238 e. The molecule has 110 valence electrons. The van der Waals surface area contributed by atoms with Crippen molar-refractivity contribution in [2.75, 3.05) is 44.8 Å². The standard InChI is InChI=1S/C15H24N4O/c1-11-5-4-6-13(16)15(11)17-14(20)10-19-8-7-12(9-19)18(2)3/h4-6,12H,7-10,16H2,1-3H3,(H,17,20). The number of para-hydroxylation sites is 1. The maximum atomic E-state index is 12.1. The van der Waals surface area contributed by atoms with Crippen LogP contribution in [0.2, 0.25) is 0 Å². The van der Waals surface area contributed by atoms with Gasteiger partial charge in [0.05, 0.1) is 17.9 Å². The minimum absolute atomic E-state index is 0.00501. The van der Waals surface area contributed by atoms with Gasteiger partial charge in [-0.3, -0.25) is 9.69 Å². The van der Waals surface area contributed by atoms with Gasteiger partial charge in [-0.1, -0.05) is 12.1 Å². The van der Waals surface area contributed by atoms with Crippen molar-refractivity contribution in [2.45, 2.75) is 19.4 Å². The minimum atomic E-state index is 0.00501. The lowest BCUT2D eigenvalue weighted by molar-refractivity contribution is -0.117. The van der Waals surface area contributed by atoms with Crippen LogP contribution < -0.4 is 11.1 Å². The van der Waals surface area contributed by atoms with Gasteiger partial charge in [0.1, 0.15) is 0 Å². The van der Waals surface area contributed by atoms with Gasteiger partial charge in [-0.15, -0.1) is 0 Å². The number of carbonyl (C=O) groups excluding carboxylic acids is 1. The summed E-state index contributed by atoms with van der Waals surface area (Å²) in [5.74, 6) is 0.00501. The highest BCUT2D eigenvalue weighted by Crippen LogP contribution is 2.22. The number of carbonyl (C=O) groups is 1. The quantitative estimate of drug-likeness (QED) is 0.810. The lowest BCUT2D eigenvalue weighted by Crippen LogP contribution is -2.35. The Hall–Kier alpha value is -1.59. The number of amides is 1. The van der Waals surface area contributed by atoms with Crippen LogP contribution in [0.3, 0.4) is 0 Å². The number of nitrogens with two attached hydrogens (primary N) is 1. The Bertz CT molecular complexity index is 467. The Balaban J connectivity index is 1.91. The van der Waals surface area contributed by atoms with Gasteiger partial charge < -0.3 is 16.0 Å². The number of benzene rings is 1. The van der Waals surface area contributed by atoms with Crippen LogP contribution in [0.15, 0.2) is 18.2 Å². The number of aryl methyl sites for hydroxylation is 1. The van der Waals surface area contributed by atoms with Crippen LogP contribution in [-0.4, -0.2) is 55.5 Å². The monoisotopic (exact) mass is 276 g/mol. The Morgan fingerprint density at radius 1 is 1.50 bits per heavy atom. The molecule has 3 N–H and O–H groups in total. The fourth-order valence-corrected chi connectivity index (χ4v) is 2.62. The lowest BCUT2D eigenvalue weighted by atomic mass is 10.1. The van der Waals surface area contributed by atoms with Crippen molar-refractivity contribution in [3.63, 3.8) is 0 Å².